The third-order valence-electron chi connectivity index (χ3n) is 4.62. The van der Waals surface area contributed by atoms with E-state index >= 15 is 0 Å². The zero-order valence-electron chi connectivity index (χ0n) is 8.44. The lowest BCUT2D eigenvalue weighted by Crippen LogP contribution is -2.46. The van der Waals surface area contributed by atoms with Crippen LogP contribution < -0.4 is 0 Å². The molecular weight excluding hydrogens is 384 g/mol. The Bertz CT molecular complexity index is 476. The molecule has 4 rings (SSSR count). The van der Waals surface area contributed by atoms with Crippen LogP contribution in [0.1, 0.15) is 0 Å². The van der Waals surface area contributed by atoms with Gasteiger partial charge < -0.3 is 4.74 Å². The molecule has 0 N–H and O–H groups in total. The molecule has 2 bridgehead atoms. The predicted octanol–water partition coefficient (Wildman–Crippen LogP) is 4.45. The van der Waals surface area contributed by atoms with Crippen LogP contribution in [0.2, 0.25) is 0 Å². The molecule has 3 fully saturated rings. The molecule has 0 amide bonds. The van der Waals surface area contributed by atoms with E-state index in [0.717, 1.165) is 0 Å². The molecule has 0 spiro atoms. The summed E-state index contributed by atoms with van der Waals surface area (Å²) in [5.74, 6) is -0.457. The van der Waals surface area contributed by atoms with Crippen molar-refractivity contribution in [3.8, 4) is 0 Å². The molecule has 4 aliphatic rings. The second kappa shape index (κ2) is 3.38. The van der Waals surface area contributed by atoms with Gasteiger partial charge in [0.1, 0.15) is 15.9 Å². The third-order valence-corrected chi connectivity index (χ3v) is 9.44. The van der Waals surface area contributed by atoms with Crippen LogP contribution in [-0.2, 0) is 4.74 Å². The Morgan fingerprint density at radius 2 is 1.33 bits per heavy atom. The highest BCUT2D eigenvalue weighted by Crippen LogP contribution is 2.81. The van der Waals surface area contributed by atoms with E-state index < -0.39 is 14.1 Å². The fraction of sp³-hybridized carbons (Fsp3) is 0.800. The number of hydrogen-bond acceptors (Lipinski definition) is 1. The Morgan fingerprint density at radius 1 is 0.833 bits per heavy atom. The van der Waals surface area contributed by atoms with Gasteiger partial charge in [-0.25, -0.2) is 0 Å². The molecule has 0 aromatic rings. The van der Waals surface area contributed by atoms with E-state index in [1.54, 1.807) is 0 Å². The van der Waals surface area contributed by atoms with Crippen molar-refractivity contribution in [2.24, 2.45) is 11.8 Å². The minimum Gasteiger partial charge on any atom is -0.368 e. The minimum atomic E-state index is -1.50. The maximum atomic E-state index is 6.65. The highest BCUT2D eigenvalue weighted by Gasteiger charge is 2.89. The smallest absolute Gasteiger partial charge is 0.166 e. The summed E-state index contributed by atoms with van der Waals surface area (Å²) in [5.41, 5.74) is 0. The normalized spacial score (nSPS) is 63.2. The summed E-state index contributed by atoms with van der Waals surface area (Å²) in [7, 11) is 0. The average molecular weight is 389 g/mol. The van der Waals surface area contributed by atoms with Gasteiger partial charge in [0.25, 0.3) is 0 Å². The molecule has 8 heteroatoms. The van der Waals surface area contributed by atoms with Gasteiger partial charge in [-0.3, -0.25) is 0 Å². The number of fused-ring (bicyclic) bond motifs is 7. The van der Waals surface area contributed by atoms with Crippen LogP contribution in [0.3, 0.4) is 0 Å². The number of rotatable bonds is 0. The Morgan fingerprint density at radius 3 is 1.89 bits per heavy atom. The number of alkyl halides is 5. The molecule has 0 radical (unpaired) electrons. The number of allylic oxidation sites excluding steroid dienone is 2. The highest BCUT2D eigenvalue weighted by molar-refractivity contribution is 6.66. The Hall–Kier alpha value is 1.73. The average Bonchev–Trinajstić information content (AvgIpc) is 2.98. The number of epoxide rings is 1. The molecule has 100 valence electrons. The molecule has 18 heavy (non-hydrogen) atoms. The van der Waals surface area contributed by atoms with Crippen molar-refractivity contribution in [3.05, 3.63) is 10.1 Å². The van der Waals surface area contributed by atoms with Crippen LogP contribution in [0, 0.1) is 11.8 Å². The lowest BCUT2D eigenvalue weighted by Gasteiger charge is -2.35. The highest BCUT2D eigenvalue weighted by atomic mass is 35.5. The molecular formula is C10H5Cl7O. The summed E-state index contributed by atoms with van der Waals surface area (Å²) in [6.45, 7) is 0. The fourth-order valence-corrected chi connectivity index (χ4v) is 7.49. The summed E-state index contributed by atoms with van der Waals surface area (Å²) in [6, 6.07) is 0. The van der Waals surface area contributed by atoms with E-state index in [2.05, 4.69) is 0 Å². The molecule has 1 saturated heterocycles. The number of halogens is 7. The summed E-state index contributed by atoms with van der Waals surface area (Å²) < 4.78 is 4.00. The standard InChI is InChI=1S/C10H5Cl7O/c11-3-1-2(4-5(3)18-4)9(15)7(13)6(12)8(1,14)10(9,16)17/h1-5H/t1-,2+,3?,4-,5+,8+,9-/m0/s1. The maximum absolute atomic E-state index is 6.65. The van der Waals surface area contributed by atoms with Crippen molar-refractivity contribution in [3.63, 3.8) is 0 Å². The lowest BCUT2D eigenvalue weighted by molar-refractivity contribution is 0.204. The maximum Gasteiger partial charge on any atom is 0.166 e. The molecule has 1 nitrogen and oxygen atoms in total. The number of hydrogen-bond donors (Lipinski definition) is 0. The van der Waals surface area contributed by atoms with Crippen molar-refractivity contribution in [1.29, 1.82) is 0 Å². The summed E-state index contributed by atoms with van der Waals surface area (Å²) in [6.07, 6.45) is -0.152. The molecule has 1 heterocycles. The molecule has 0 aromatic heterocycles. The summed E-state index contributed by atoms with van der Waals surface area (Å²) in [4.78, 5) is -2.48. The zero-order chi connectivity index (χ0) is 13.2. The van der Waals surface area contributed by atoms with E-state index in [0.29, 0.717) is 0 Å². The molecule has 3 aliphatic carbocycles. The Balaban J connectivity index is 2.01. The van der Waals surface area contributed by atoms with Crippen molar-refractivity contribution in [2.75, 3.05) is 0 Å². The van der Waals surface area contributed by atoms with E-state index in [1.807, 2.05) is 0 Å². The first-order chi connectivity index (χ1) is 8.20. The van der Waals surface area contributed by atoms with Crippen LogP contribution in [0.4, 0.5) is 0 Å². The van der Waals surface area contributed by atoms with Crippen molar-refractivity contribution in [2.45, 2.75) is 31.7 Å². The first-order valence-electron chi connectivity index (χ1n) is 5.32. The van der Waals surface area contributed by atoms with Crippen LogP contribution in [0.25, 0.3) is 0 Å². The Kier molecular flexibility index (Phi) is 2.52. The summed E-state index contributed by atoms with van der Waals surface area (Å²) >= 11 is 45.0. The lowest BCUT2D eigenvalue weighted by atomic mass is 9.83. The van der Waals surface area contributed by atoms with E-state index in [9.17, 15) is 0 Å². The topological polar surface area (TPSA) is 12.5 Å². The second-order valence-electron chi connectivity index (χ2n) is 5.19. The van der Waals surface area contributed by atoms with Gasteiger partial charge in [-0.1, -0.05) is 46.4 Å². The zero-order valence-corrected chi connectivity index (χ0v) is 13.7. The molecule has 1 unspecified atom stereocenters. The van der Waals surface area contributed by atoms with Crippen LogP contribution in [-0.4, -0.2) is 31.7 Å². The minimum absolute atomic E-state index is 0.0608. The van der Waals surface area contributed by atoms with Crippen LogP contribution in [0.15, 0.2) is 10.1 Å². The quantitative estimate of drug-likeness (QED) is 0.441. The SMILES string of the molecule is ClC1=C(Cl)[C@]2(Cl)[C@@H]3C(Cl)[C@H]4O[C@H]4[C@@H]3[C@@]1(Cl)C2(Cl)Cl. The van der Waals surface area contributed by atoms with E-state index in [-0.39, 0.29) is 39.5 Å². The van der Waals surface area contributed by atoms with Crippen molar-refractivity contribution < 1.29 is 4.74 Å². The van der Waals surface area contributed by atoms with Crippen LogP contribution in [0.5, 0.6) is 0 Å². The van der Waals surface area contributed by atoms with Gasteiger partial charge in [0.05, 0.1) is 21.5 Å². The second-order valence-corrected chi connectivity index (χ2v) is 8.97. The fourth-order valence-electron chi connectivity index (χ4n) is 3.80. The van der Waals surface area contributed by atoms with Gasteiger partial charge in [0.2, 0.25) is 0 Å². The predicted molar refractivity (Wildman–Crippen MR) is 75.6 cm³/mol. The van der Waals surface area contributed by atoms with Gasteiger partial charge >= 0.3 is 0 Å². The van der Waals surface area contributed by atoms with Crippen LogP contribution >= 0.6 is 81.2 Å². The molecule has 7 atom stereocenters. The van der Waals surface area contributed by atoms with Gasteiger partial charge in [-0.05, 0) is 0 Å². The number of ether oxygens (including phenoxy) is 1. The van der Waals surface area contributed by atoms with Crippen molar-refractivity contribution >= 4 is 81.2 Å². The Labute approximate surface area is 139 Å². The van der Waals surface area contributed by atoms with Gasteiger partial charge in [0, 0.05) is 11.8 Å². The summed E-state index contributed by atoms with van der Waals surface area (Å²) in [5, 5.41) is 0.111. The van der Waals surface area contributed by atoms with Gasteiger partial charge in [-0.2, -0.15) is 0 Å². The van der Waals surface area contributed by atoms with Crippen molar-refractivity contribution in [1.82, 2.24) is 0 Å². The first-order valence-corrected chi connectivity index (χ1v) is 8.02. The molecule has 0 aromatic carbocycles. The largest absolute Gasteiger partial charge is 0.368 e. The third kappa shape index (κ3) is 1.02. The van der Waals surface area contributed by atoms with E-state index in [4.69, 9.17) is 85.9 Å². The first kappa shape index (κ1) is 13.4. The van der Waals surface area contributed by atoms with Gasteiger partial charge in [0.15, 0.2) is 4.33 Å². The monoisotopic (exact) mass is 386 g/mol. The molecule has 1 aliphatic heterocycles. The molecule has 2 saturated carbocycles. The van der Waals surface area contributed by atoms with E-state index in [1.165, 1.54) is 0 Å². The van der Waals surface area contributed by atoms with Gasteiger partial charge in [-0.15, -0.1) is 34.8 Å².